The smallest absolute Gasteiger partial charge is 0.280 e. The lowest BCUT2D eigenvalue weighted by molar-refractivity contribution is 0.0639. The van der Waals surface area contributed by atoms with E-state index in [1.807, 2.05) is 24.4 Å². The van der Waals surface area contributed by atoms with Gasteiger partial charge in [0.05, 0.1) is 44.4 Å². The Morgan fingerprint density at radius 1 is 1.09 bits per heavy atom. The van der Waals surface area contributed by atoms with Crippen molar-refractivity contribution in [3.05, 3.63) is 75.7 Å². The molecule has 2 atom stereocenters. The maximum atomic E-state index is 14.1. The van der Waals surface area contributed by atoms with Crippen molar-refractivity contribution in [1.29, 1.82) is 0 Å². The van der Waals surface area contributed by atoms with Crippen LogP contribution in [-0.4, -0.2) is 47.5 Å². The van der Waals surface area contributed by atoms with E-state index in [-0.39, 0.29) is 34.1 Å². The van der Waals surface area contributed by atoms with E-state index in [4.69, 9.17) is 19.2 Å². The predicted octanol–water partition coefficient (Wildman–Crippen LogP) is 6.69. The minimum Gasteiger partial charge on any atom is -0.381 e. The van der Waals surface area contributed by atoms with Crippen LogP contribution in [0.5, 0.6) is 0 Å². The molecule has 12 heteroatoms. The summed E-state index contributed by atoms with van der Waals surface area (Å²) in [7, 11) is -3.69. The van der Waals surface area contributed by atoms with Crippen molar-refractivity contribution in [2.24, 2.45) is 11.8 Å². The average Bonchev–Trinajstić information content (AvgIpc) is 3.85. The second-order valence-corrected chi connectivity index (χ2v) is 16.3. The molecule has 0 aromatic carbocycles. The van der Waals surface area contributed by atoms with E-state index in [1.54, 1.807) is 6.20 Å². The van der Waals surface area contributed by atoms with Gasteiger partial charge < -0.3 is 14.6 Å². The standard InChI is InChI=1S/C35H37N5O5S2/c1-19(2)23-18-47(42,43)34-31(30(27-17-29(41)40-45-27)26(38-32(23)34)6-5-20-10-14-44-15-11-20)28-16-21-9-13-37-35(33(21)46-28)39-25-8-7-24-22(25)4-3-12-36-24/h3-4,9,12-13,16-17,19-20,23,25H,5-8,10-11,14-15,18H2,1-2H3,(H,37,39)(H,40,41). The summed E-state index contributed by atoms with van der Waals surface area (Å²) in [6, 6.07) is 9.56. The molecule has 0 spiro atoms. The summed E-state index contributed by atoms with van der Waals surface area (Å²) in [6.07, 6.45) is 8.92. The highest BCUT2D eigenvalue weighted by molar-refractivity contribution is 7.92. The molecule has 0 bridgehead atoms. The number of thiophene rings is 1. The number of pyridine rings is 3. The van der Waals surface area contributed by atoms with Crippen molar-refractivity contribution >= 4 is 37.1 Å². The Balaban J connectivity index is 1.32. The van der Waals surface area contributed by atoms with Gasteiger partial charge in [0.1, 0.15) is 5.82 Å². The number of nitrogens with zero attached hydrogens (tertiary/aromatic N) is 3. The molecular weight excluding hydrogens is 635 g/mol. The van der Waals surface area contributed by atoms with Crippen molar-refractivity contribution in [2.45, 2.75) is 69.2 Å². The van der Waals surface area contributed by atoms with Crippen LogP contribution < -0.4 is 10.9 Å². The van der Waals surface area contributed by atoms with Crippen LogP contribution in [0.3, 0.4) is 0 Å². The molecule has 7 heterocycles. The normalized spacial score (nSPS) is 20.6. The number of aryl methyl sites for hydroxylation is 2. The van der Waals surface area contributed by atoms with Crippen LogP contribution in [0.1, 0.15) is 74.1 Å². The summed E-state index contributed by atoms with van der Waals surface area (Å²) in [5, 5.41) is 7.06. The second kappa shape index (κ2) is 12.0. The first-order chi connectivity index (χ1) is 22.8. The number of aromatic nitrogens is 4. The number of aromatic amines is 1. The van der Waals surface area contributed by atoms with E-state index in [9.17, 15) is 13.2 Å². The zero-order valence-electron chi connectivity index (χ0n) is 26.4. The lowest BCUT2D eigenvalue weighted by Crippen LogP contribution is -2.17. The van der Waals surface area contributed by atoms with Gasteiger partial charge in [-0.25, -0.2) is 13.4 Å². The third-order valence-electron chi connectivity index (χ3n) is 9.98. The molecule has 5 aromatic heterocycles. The highest BCUT2D eigenvalue weighted by atomic mass is 32.2. The van der Waals surface area contributed by atoms with Gasteiger partial charge in [0, 0.05) is 47.7 Å². The molecule has 8 rings (SSSR count). The van der Waals surface area contributed by atoms with E-state index in [0.717, 1.165) is 77.5 Å². The minimum absolute atomic E-state index is 0.00826. The molecule has 10 nitrogen and oxygen atoms in total. The molecule has 0 radical (unpaired) electrons. The van der Waals surface area contributed by atoms with Crippen molar-refractivity contribution in [3.8, 4) is 21.8 Å². The van der Waals surface area contributed by atoms with E-state index >= 15 is 0 Å². The van der Waals surface area contributed by atoms with E-state index in [1.165, 1.54) is 23.0 Å². The average molecular weight is 672 g/mol. The second-order valence-electron chi connectivity index (χ2n) is 13.3. The maximum absolute atomic E-state index is 14.1. The number of hydrogen-bond donors (Lipinski definition) is 2. The SMILES string of the molecule is CC(C)C1CS(=O)(=O)c2c1nc(CCC1CCOCC1)c(-c1cc(=O)[nH]o1)c2-c1cc2ccnc(NC3CCc4ncccc43)c2s1. The Labute approximate surface area is 276 Å². The molecule has 0 saturated carbocycles. The molecule has 1 aliphatic carbocycles. The number of rotatable bonds is 8. The number of fused-ring (bicyclic) bond motifs is 3. The summed E-state index contributed by atoms with van der Waals surface area (Å²) in [5.41, 5.74) is 4.44. The van der Waals surface area contributed by atoms with Gasteiger partial charge in [0.15, 0.2) is 15.6 Å². The summed E-state index contributed by atoms with van der Waals surface area (Å²) in [4.78, 5) is 27.9. The Hall–Kier alpha value is -3.87. The molecule has 5 aromatic rings. The first-order valence-electron chi connectivity index (χ1n) is 16.4. The zero-order valence-corrected chi connectivity index (χ0v) is 28.0. The Morgan fingerprint density at radius 3 is 2.72 bits per heavy atom. The lowest BCUT2D eigenvalue weighted by Gasteiger charge is -2.23. The van der Waals surface area contributed by atoms with Gasteiger partial charge in [-0.15, -0.1) is 11.3 Å². The van der Waals surface area contributed by atoms with Gasteiger partial charge in [-0.2, -0.15) is 5.16 Å². The molecule has 1 saturated heterocycles. The number of anilines is 1. The third-order valence-corrected chi connectivity index (χ3v) is 13.0. The van der Waals surface area contributed by atoms with Gasteiger partial charge in [0.25, 0.3) is 5.56 Å². The molecule has 2 unspecified atom stereocenters. The molecular formula is C35H37N5O5S2. The van der Waals surface area contributed by atoms with Crippen molar-refractivity contribution in [2.75, 3.05) is 24.3 Å². The number of hydrogen-bond acceptors (Lipinski definition) is 10. The van der Waals surface area contributed by atoms with E-state index < -0.39 is 9.84 Å². The highest BCUT2D eigenvalue weighted by Gasteiger charge is 2.43. The van der Waals surface area contributed by atoms with Crippen LogP contribution in [0.2, 0.25) is 0 Å². The maximum Gasteiger partial charge on any atom is 0.280 e. The number of nitrogens with one attached hydrogen (secondary N) is 2. The van der Waals surface area contributed by atoms with Gasteiger partial charge in [-0.05, 0) is 79.5 Å². The number of ether oxygens (including phenoxy) is 1. The topological polar surface area (TPSA) is 140 Å². The lowest BCUT2D eigenvalue weighted by atomic mass is 9.88. The largest absolute Gasteiger partial charge is 0.381 e. The van der Waals surface area contributed by atoms with Crippen LogP contribution in [0.15, 0.2) is 56.9 Å². The molecule has 1 fully saturated rings. The molecule has 244 valence electrons. The molecule has 47 heavy (non-hydrogen) atoms. The summed E-state index contributed by atoms with van der Waals surface area (Å²) < 4.78 is 40.5. The summed E-state index contributed by atoms with van der Waals surface area (Å²) in [6.45, 7) is 5.60. The Morgan fingerprint density at radius 2 is 1.94 bits per heavy atom. The Kier molecular flexibility index (Phi) is 7.76. The summed E-state index contributed by atoms with van der Waals surface area (Å²) >= 11 is 1.51. The van der Waals surface area contributed by atoms with E-state index in [2.05, 4.69) is 35.4 Å². The third kappa shape index (κ3) is 5.49. The first kappa shape index (κ1) is 30.5. The first-order valence-corrected chi connectivity index (χ1v) is 18.9. The van der Waals surface area contributed by atoms with Gasteiger partial charge >= 0.3 is 0 Å². The van der Waals surface area contributed by atoms with Crippen molar-refractivity contribution in [1.82, 2.24) is 20.1 Å². The Bertz CT molecular complexity index is 2140. The fourth-order valence-electron chi connectivity index (χ4n) is 7.49. The quantitative estimate of drug-likeness (QED) is 0.185. The predicted molar refractivity (Wildman–Crippen MR) is 182 cm³/mol. The molecule has 2 N–H and O–H groups in total. The van der Waals surface area contributed by atoms with Crippen LogP contribution in [0.4, 0.5) is 5.82 Å². The molecule has 0 amide bonds. The van der Waals surface area contributed by atoms with Gasteiger partial charge in [-0.1, -0.05) is 19.9 Å². The molecule has 2 aliphatic heterocycles. The zero-order chi connectivity index (χ0) is 32.3. The van der Waals surface area contributed by atoms with Gasteiger partial charge in [0.2, 0.25) is 0 Å². The minimum atomic E-state index is -3.69. The van der Waals surface area contributed by atoms with Crippen LogP contribution >= 0.6 is 11.3 Å². The van der Waals surface area contributed by atoms with Crippen molar-refractivity contribution in [3.63, 3.8) is 0 Å². The monoisotopic (exact) mass is 671 g/mol. The van der Waals surface area contributed by atoms with Gasteiger partial charge in [-0.3, -0.25) is 14.8 Å². The summed E-state index contributed by atoms with van der Waals surface area (Å²) in [5.74, 6) is 1.40. The molecule has 3 aliphatic rings. The van der Waals surface area contributed by atoms with Crippen LogP contribution in [-0.2, 0) is 27.4 Å². The fraction of sp³-hybridized carbons (Fsp3) is 0.429. The number of H-pyrrole nitrogens is 1. The van der Waals surface area contributed by atoms with Crippen LogP contribution in [0.25, 0.3) is 31.9 Å². The van der Waals surface area contributed by atoms with E-state index in [0.29, 0.717) is 34.9 Å². The van der Waals surface area contributed by atoms with Crippen molar-refractivity contribution < 1.29 is 17.7 Å². The highest BCUT2D eigenvalue weighted by Crippen LogP contribution is 2.51. The van der Waals surface area contributed by atoms with Crippen LogP contribution in [0, 0.1) is 11.8 Å². The fourth-order valence-corrected chi connectivity index (χ4v) is 10.9. The number of sulfone groups is 1.